The lowest BCUT2D eigenvalue weighted by atomic mass is 10.1. The van der Waals surface area contributed by atoms with Crippen molar-refractivity contribution in [1.29, 1.82) is 0 Å². The molecule has 0 fully saturated rings. The van der Waals surface area contributed by atoms with E-state index in [9.17, 15) is 0 Å². The Balaban J connectivity index is 1.69. The molecule has 1 aromatic carbocycles. The summed E-state index contributed by atoms with van der Waals surface area (Å²) >= 11 is 0. The summed E-state index contributed by atoms with van der Waals surface area (Å²) in [7, 11) is 2.04. The molecule has 0 saturated heterocycles. The van der Waals surface area contributed by atoms with Crippen molar-refractivity contribution in [3.8, 4) is 5.75 Å². The van der Waals surface area contributed by atoms with Gasteiger partial charge in [-0.3, -0.25) is 0 Å². The van der Waals surface area contributed by atoms with Crippen LogP contribution in [-0.4, -0.2) is 36.2 Å². The van der Waals surface area contributed by atoms with Crippen LogP contribution in [-0.2, 0) is 12.8 Å². The van der Waals surface area contributed by atoms with Crippen LogP contribution in [0.25, 0.3) is 0 Å². The number of hydrogen-bond acceptors (Lipinski definition) is 5. The van der Waals surface area contributed by atoms with Gasteiger partial charge in [0.15, 0.2) is 0 Å². The zero-order chi connectivity index (χ0) is 15.5. The second-order valence-electron chi connectivity index (χ2n) is 5.74. The molecule has 0 radical (unpaired) electrons. The Labute approximate surface area is 131 Å². The Morgan fingerprint density at radius 3 is 2.91 bits per heavy atom. The second-order valence-corrected chi connectivity index (χ2v) is 5.74. The molecule has 0 spiro atoms. The molecule has 2 N–H and O–H groups in total. The number of nitrogens with zero attached hydrogens (tertiary/aromatic N) is 3. The van der Waals surface area contributed by atoms with Crippen molar-refractivity contribution in [2.45, 2.75) is 25.9 Å². The minimum atomic E-state index is 0.163. The third-order valence-corrected chi connectivity index (χ3v) is 3.86. The predicted octanol–water partition coefficient (Wildman–Crippen LogP) is 1.73. The first-order chi connectivity index (χ1) is 10.7. The monoisotopic (exact) mass is 298 g/mol. The van der Waals surface area contributed by atoms with Crippen molar-refractivity contribution >= 4 is 5.82 Å². The average Bonchev–Trinajstić information content (AvgIpc) is 2.89. The summed E-state index contributed by atoms with van der Waals surface area (Å²) < 4.78 is 6.00. The number of aryl methyl sites for hydroxylation is 1. The van der Waals surface area contributed by atoms with E-state index in [4.69, 9.17) is 10.5 Å². The summed E-state index contributed by atoms with van der Waals surface area (Å²) in [4.78, 5) is 11.1. The minimum Gasteiger partial charge on any atom is -0.488 e. The topological polar surface area (TPSA) is 64.3 Å². The molecule has 1 aromatic heterocycles. The maximum atomic E-state index is 6.00. The van der Waals surface area contributed by atoms with Crippen LogP contribution in [0.2, 0.25) is 0 Å². The molecule has 0 aliphatic carbocycles. The summed E-state index contributed by atoms with van der Waals surface area (Å²) in [6.07, 6.45) is 1.88. The van der Waals surface area contributed by atoms with Crippen LogP contribution in [0.3, 0.4) is 0 Å². The number of benzene rings is 1. The first kappa shape index (κ1) is 14.8. The van der Waals surface area contributed by atoms with Crippen LogP contribution in [0.4, 0.5) is 5.82 Å². The van der Waals surface area contributed by atoms with Crippen LogP contribution >= 0.6 is 0 Å². The molecular weight excluding hydrogens is 276 g/mol. The molecule has 0 unspecified atom stereocenters. The van der Waals surface area contributed by atoms with Gasteiger partial charge >= 0.3 is 0 Å². The quantitative estimate of drug-likeness (QED) is 0.910. The van der Waals surface area contributed by atoms with Crippen molar-refractivity contribution in [3.05, 3.63) is 47.4 Å². The van der Waals surface area contributed by atoms with Crippen LogP contribution in [0.15, 0.2) is 30.3 Å². The SMILES string of the molecule is Cc1nc(CCN)cc(N(C)C[C@H]2Cc3ccccc3O2)n1. The fourth-order valence-electron chi connectivity index (χ4n) is 2.84. The molecule has 5 heteroatoms. The Kier molecular flexibility index (Phi) is 4.24. The van der Waals surface area contributed by atoms with Crippen molar-refractivity contribution in [2.75, 3.05) is 25.0 Å². The van der Waals surface area contributed by atoms with E-state index in [-0.39, 0.29) is 6.10 Å². The molecule has 0 saturated carbocycles. The maximum Gasteiger partial charge on any atom is 0.132 e. The highest BCUT2D eigenvalue weighted by Crippen LogP contribution is 2.28. The van der Waals surface area contributed by atoms with Crippen LogP contribution in [0.5, 0.6) is 5.75 Å². The van der Waals surface area contributed by atoms with E-state index in [0.717, 1.165) is 42.5 Å². The van der Waals surface area contributed by atoms with Crippen molar-refractivity contribution in [3.63, 3.8) is 0 Å². The molecular formula is C17H22N4O. The Morgan fingerprint density at radius 2 is 2.14 bits per heavy atom. The van der Waals surface area contributed by atoms with Gasteiger partial charge in [0.1, 0.15) is 23.5 Å². The van der Waals surface area contributed by atoms with Crippen molar-refractivity contribution < 1.29 is 4.74 Å². The van der Waals surface area contributed by atoms with Crippen molar-refractivity contribution in [1.82, 2.24) is 9.97 Å². The van der Waals surface area contributed by atoms with Gasteiger partial charge in [0.2, 0.25) is 0 Å². The second kappa shape index (κ2) is 6.32. The van der Waals surface area contributed by atoms with E-state index >= 15 is 0 Å². The molecule has 3 rings (SSSR count). The smallest absolute Gasteiger partial charge is 0.132 e. The molecule has 22 heavy (non-hydrogen) atoms. The Morgan fingerprint density at radius 1 is 1.32 bits per heavy atom. The van der Waals surface area contributed by atoms with Gasteiger partial charge in [0.25, 0.3) is 0 Å². The van der Waals surface area contributed by atoms with E-state index < -0.39 is 0 Å². The molecule has 1 atom stereocenters. The number of ether oxygens (including phenoxy) is 1. The summed E-state index contributed by atoms with van der Waals surface area (Å²) in [5.41, 5.74) is 7.90. The molecule has 5 nitrogen and oxygen atoms in total. The molecule has 116 valence electrons. The Hall–Kier alpha value is -2.14. The van der Waals surface area contributed by atoms with E-state index in [0.29, 0.717) is 6.54 Å². The number of fused-ring (bicyclic) bond motifs is 1. The third kappa shape index (κ3) is 3.20. The zero-order valence-corrected chi connectivity index (χ0v) is 13.1. The maximum absolute atomic E-state index is 6.00. The molecule has 2 aromatic rings. The van der Waals surface area contributed by atoms with Crippen LogP contribution < -0.4 is 15.4 Å². The lowest BCUT2D eigenvalue weighted by molar-refractivity contribution is 0.239. The van der Waals surface area contributed by atoms with Gasteiger partial charge in [-0.05, 0) is 25.1 Å². The first-order valence-corrected chi connectivity index (χ1v) is 7.66. The summed E-state index contributed by atoms with van der Waals surface area (Å²) in [6.45, 7) is 3.31. The standard InChI is InChI=1S/C17H22N4O/c1-12-19-14(7-8-18)10-17(20-12)21(2)11-15-9-13-5-3-4-6-16(13)22-15/h3-6,10,15H,7-9,11,18H2,1-2H3/t15-/m1/s1. The van der Waals surface area contributed by atoms with E-state index in [1.807, 2.05) is 32.2 Å². The fourth-order valence-corrected chi connectivity index (χ4v) is 2.84. The number of hydrogen-bond donors (Lipinski definition) is 1. The highest BCUT2D eigenvalue weighted by atomic mass is 16.5. The van der Waals surface area contributed by atoms with Gasteiger partial charge < -0.3 is 15.4 Å². The van der Waals surface area contributed by atoms with Gasteiger partial charge in [-0.2, -0.15) is 0 Å². The van der Waals surface area contributed by atoms with E-state index in [1.165, 1.54) is 5.56 Å². The third-order valence-electron chi connectivity index (χ3n) is 3.86. The van der Waals surface area contributed by atoms with Crippen LogP contribution in [0.1, 0.15) is 17.1 Å². The normalized spacial score (nSPS) is 16.2. The minimum absolute atomic E-state index is 0.163. The molecule has 1 aliphatic heterocycles. The number of anilines is 1. The first-order valence-electron chi connectivity index (χ1n) is 7.66. The van der Waals surface area contributed by atoms with Crippen molar-refractivity contribution in [2.24, 2.45) is 5.73 Å². The summed E-state index contributed by atoms with van der Waals surface area (Å²) in [6, 6.07) is 10.2. The molecule has 0 amide bonds. The van der Waals surface area contributed by atoms with Gasteiger partial charge in [0.05, 0.1) is 6.54 Å². The fraction of sp³-hybridized carbons (Fsp3) is 0.412. The Bertz CT molecular complexity index is 634. The van der Waals surface area contributed by atoms with Gasteiger partial charge in [-0.25, -0.2) is 9.97 Å². The van der Waals surface area contributed by atoms with Crippen LogP contribution in [0, 0.1) is 6.92 Å². The lowest BCUT2D eigenvalue weighted by Gasteiger charge is -2.22. The van der Waals surface area contributed by atoms with E-state index in [1.54, 1.807) is 0 Å². The number of rotatable bonds is 5. The largest absolute Gasteiger partial charge is 0.488 e. The molecule has 2 heterocycles. The average molecular weight is 298 g/mol. The highest BCUT2D eigenvalue weighted by molar-refractivity contribution is 5.41. The van der Waals surface area contributed by atoms with E-state index in [2.05, 4.69) is 27.0 Å². The van der Waals surface area contributed by atoms with Gasteiger partial charge in [-0.1, -0.05) is 18.2 Å². The number of likely N-dealkylation sites (N-methyl/N-ethyl adjacent to an activating group) is 1. The zero-order valence-electron chi connectivity index (χ0n) is 13.1. The molecule has 0 bridgehead atoms. The van der Waals surface area contributed by atoms with Gasteiger partial charge in [-0.15, -0.1) is 0 Å². The molecule has 1 aliphatic rings. The van der Waals surface area contributed by atoms with Gasteiger partial charge in [0, 0.05) is 31.6 Å². The lowest BCUT2D eigenvalue weighted by Crippen LogP contribution is -2.32. The number of para-hydroxylation sites is 1. The highest BCUT2D eigenvalue weighted by Gasteiger charge is 2.24. The summed E-state index contributed by atoms with van der Waals surface area (Å²) in [5, 5.41) is 0. The predicted molar refractivity (Wildman–Crippen MR) is 87.4 cm³/mol. The summed E-state index contributed by atoms with van der Waals surface area (Å²) in [5.74, 6) is 2.71. The number of nitrogens with two attached hydrogens (primary N) is 1. The number of aromatic nitrogens is 2.